The molecule has 4 nitrogen and oxygen atoms in total. The van der Waals surface area contributed by atoms with Crippen molar-refractivity contribution in [1.29, 1.82) is 0 Å². The van der Waals surface area contributed by atoms with Crippen LogP contribution in [-0.2, 0) is 17.9 Å². The second-order valence-electron chi connectivity index (χ2n) is 4.87. The van der Waals surface area contributed by atoms with Gasteiger partial charge in [-0.05, 0) is 31.0 Å². The Morgan fingerprint density at radius 2 is 2.37 bits per heavy atom. The number of rotatable bonds is 4. The molecule has 2 rings (SSSR count). The van der Waals surface area contributed by atoms with Crippen LogP contribution in [0, 0.1) is 5.82 Å². The van der Waals surface area contributed by atoms with Gasteiger partial charge in [-0.2, -0.15) is 0 Å². The number of halogens is 1. The number of hydrogen-bond acceptors (Lipinski definition) is 3. The van der Waals surface area contributed by atoms with Crippen molar-refractivity contribution in [3.05, 3.63) is 35.1 Å². The van der Waals surface area contributed by atoms with Gasteiger partial charge in [0.05, 0.1) is 6.04 Å². The standard InChI is InChI=1S/C14H20FN3O/c1-17-14(19)13-3-2-6-18(13)9-10-4-5-12(15)11(7-10)8-16/h4-5,7,13H,2-3,6,8-9,16H2,1H3,(H,17,19). The molecule has 5 heteroatoms. The first kappa shape index (κ1) is 14.0. The molecule has 0 aromatic heterocycles. The lowest BCUT2D eigenvalue weighted by molar-refractivity contribution is -0.125. The quantitative estimate of drug-likeness (QED) is 0.853. The third-order valence-corrected chi connectivity index (χ3v) is 3.63. The summed E-state index contributed by atoms with van der Waals surface area (Å²) in [6, 6.07) is 4.92. The number of nitrogens with two attached hydrogens (primary N) is 1. The van der Waals surface area contributed by atoms with Crippen molar-refractivity contribution in [1.82, 2.24) is 10.2 Å². The lowest BCUT2D eigenvalue weighted by atomic mass is 10.1. The molecule has 0 spiro atoms. The molecule has 1 saturated heterocycles. The minimum Gasteiger partial charge on any atom is -0.358 e. The van der Waals surface area contributed by atoms with E-state index in [0.717, 1.165) is 24.9 Å². The molecule has 1 aliphatic heterocycles. The van der Waals surface area contributed by atoms with Gasteiger partial charge < -0.3 is 11.1 Å². The molecule has 1 aromatic carbocycles. The Balaban J connectivity index is 2.10. The zero-order valence-electron chi connectivity index (χ0n) is 11.2. The number of nitrogens with zero attached hydrogens (tertiary/aromatic N) is 1. The molecule has 1 amide bonds. The molecule has 1 unspecified atom stereocenters. The van der Waals surface area contributed by atoms with Crippen LogP contribution in [0.1, 0.15) is 24.0 Å². The third-order valence-electron chi connectivity index (χ3n) is 3.63. The Hall–Kier alpha value is -1.46. The highest BCUT2D eigenvalue weighted by Crippen LogP contribution is 2.21. The molecule has 3 N–H and O–H groups in total. The van der Waals surface area contributed by atoms with Crippen molar-refractivity contribution in [2.45, 2.75) is 32.0 Å². The molecule has 1 atom stereocenters. The average Bonchev–Trinajstić information content (AvgIpc) is 2.88. The number of likely N-dealkylation sites (tertiary alicyclic amines) is 1. The number of amides is 1. The van der Waals surface area contributed by atoms with Crippen LogP contribution in [0.25, 0.3) is 0 Å². The van der Waals surface area contributed by atoms with Crippen molar-refractivity contribution < 1.29 is 9.18 Å². The smallest absolute Gasteiger partial charge is 0.237 e. The molecule has 1 aliphatic rings. The first-order valence-electron chi connectivity index (χ1n) is 6.58. The van der Waals surface area contributed by atoms with Gasteiger partial charge in [0.25, 0.3) is 0 Å². The Morgan fingerprint density at radius 3 is 3.05 bits per heavy atom. The molecule has 1 heterocycles. The van der Waals surface area contributed by atoms with Crippen LogP contribution in [0.4, 0.5) is 4.39 Å². The van der Waals surface area contributed by atoms with E-state index in [1.165, 1.54) is 6.07 Å². The number of benzene rings is 1. The van der Waals surface area contributed by atoms with E-state index in [1.54, 1.807) is 19.2 Å². The topological polar surface area (TPSA) is 58.4 Å². The van der Waals surface area contributed by atoms with Crippen molar-refractivity contribution in [3.63, 3.8) is 0 Å². The maximum atomic E-state index is 13.4. The summed E-state index contributed by atoms with van der Waals surface area (Å²) in [5.41, 5.74) is 7.03. The second-order valence-corrected chi connectivity index (χ2v) is 4.87. The number of nitrogens with one attached hydrogen (secondary N) is 1. The molecule has 0 aliphatic carbocycles. The minimum atomic E-state index is -0.268. The van der Waals surface area contributed by atoms with Crippen LogP contribution in [0.2, 0.25) is 0 Å². The minimum absolute atomic E-state index is 0.0543. The fourth-order valence-corrected chi connectivity index (χ4v) is 2.60. The molecule has 1 fully saturated rings. The summed E-state index contributed by atoms with van der Waals surface area (Å²) in [4.78, 5) is 13.9. The van der Waals surface area contributed by atoms with Gasteiger partial charge in [0.15, 0.2) is 0 Å². The zero-order valence-corrected chi connectivity index (χ0v) is 11.2. The summed E-state index contributed by atoms with van der Waals surface area (Å²) >= 11 is 0. The number of likely N-dealkylation sites (N-methyl/N-ethyl adjacent to an activating group) is 1. The summed E-state index contributed by atoms with van der Waals surface area (Å²) in [5, 5.41) is 2.69. The van der Waals surface area contributed by atoms with E-state index in [4.69, 9.17) is 5.73 Å². The van der Waals surface area contributed by atoms with Crippen molar-refractivity contribution in [2.24, 2.45) is 5.73 Å². The van der Waals surface area contributed by atoms with Crippen molar-refractivity contribution in [2.75, 3.05) is 13.6 Å². The highest BCUT2D eigenvalue weighted by atomic mass is 19.1. The van der Waals surface area contributed by atoms with E-state index < -0.39 is 0 Å². The molecular formula is C14H20FN3O. The Labute approximate surface area is 112 Å². The van der Waals surface area contributed by atoms with E-state index in [0.29, 0.717) is 12.1 Å². The lowest BCUT2D eigenvalue weighted by Gasteiger charge is -2.23. The SMILES string of the molecule is CNC(=O)C1CCCN1Cc1ccc(F)c(CN)c1. The average molecular weight is 265 g/mol. The molecule has 0 saturated carbocycles. The maximum absolute atomic E-state index is 13.4. The number of carbonyl (C=O) groups excluding carboxylic acids is 1. The summed E-state index contributed by atoms with van der Waals surface area (Å²) in [6.07, 6.45) is 1.90. The number of carbonyl (C=O) groups is 1. The van der Waals surface area contributed by atoms with Gasteiger partial charge in [0, 0.05) is 25.7 Å². The van der Waals surface area contributed by atoms with Crippen LogP contribution in [0.15, 0.2) is 18.2 Å². The third kappa shape index (κ3) is 3.11. The predicted molar refractivity (Wildman–Crippen MR) is 71.8 cm³/mol. The molecule has 19 heavy (non-hydrogen) atoms. The Bertz CT molecular complexity index is 464. The van der Waals surface area contributed by atoms with Gasteiger partial charge >= 0.3 is 0 Å². The van der Waals surface area contributed by atoms with Crippen LogP contribution in [-0.4, -0.2) is 30.4 Å². The van der Waals surface area contributed by atoms with Crippen LogP contribution in [0.5, 0.6) is 0 Å². The van der Waals surface area contributed by atoms with E-state index in [2.05, 4.69) is 10.2 Å². The van der Waals surface area contributed by atoms with Gasteiger partial charge in [0.1, 0.15) is 5.82 Å². The van der Waals surface area contributed by atoms with Crippen LogP contribution < -0.4 is 11.1 Å². The fraction of sp³-hybridized carbons (Fsp3) is 0.500. The highest BCUT2D eigenvalue weighted by molar-refractivity contribution is 5.81. The summed E-state index contributed by atoms with van der Waals surface area (Å²) in [6.45, 7) is 1.75. The predicted octanol–water partition coefficient (Wildman–Crippen LogP) is 0.995. The van der Waals surface area contributed by atoms with E-state index in [9.17, 15) is 9.18 Å². The van der Waals surface area contributed by atoms with Gasteiger partial charge in [-0.3, -0.25) is 9.69 Å². The Morgan fingerprint density at radius 1 is 1.58 bits per heavy atom. The van der Waals surface area contributed by atoms with E-state index in [-0.39, 0.29) is 24.3 Å². The van der Waals surface area contributed by atoms with Crippen LogP contribution in [0.3, 0.4) is 0 Å². The summed E-state index contributed by atoms with van der Waals surface area (Å²) in [7, 11) is 1.66. The molecule has 1 aromatic rings. The summed E-state index contributed by atoms with van der Waals surface area (Å²) in [5.74, 6) is -0.214. The van der Waals surface area contributed by atoms with Gasteiger partial charge in [-0.1, -0.05) is 12.1 Å². The molecule has 104 valence electrons. The molecule has 0 radical (unpaired) electrons. The van der Waals surface area contributed by atoms with Crippen molar-refractivity contribution >= 4 is 5.91 Å². The van der Waals surface area contributed by atoms with Crippen molar-refractivity contribution in [3.8, 4) is 0 Å². The first-order valence-corrected chi connectivity index (χ1v) is 6.58. The fourth-order valence-electron chi connectivity index (χ4n) is 2.60. The monoisotopic (exact) mass is 265 g/mol. The van der Waals surface area contributed by atoms with E-state index in [1.807, 2.05) is 0 Å². The highest BCUT2D eigenvalue weighted by Gasteiger charge is 2.29. The zero-order chi connectivity index (χ0) is 13.8. The van der Waals surface area contributed by atoms with Gasteiger partial charge in [-0.15, -0.1) is 0 Å². The maximum Gasteiger partial charge on any atom is 0.237 e. The number of hydrogen-bond donors (Lipinski definition) is 2. The first-order chi connectivity index (χ1) is 9.15. The van der Waals surface area contributed by atoms with Gasteiger partial charge in [0.2, 0.25) is 5.91 Å². The molecule has 0 bridgehead atoms. The van der Waals surface area contributed by atoms with E-state index >= 15 is 0 Å². The summed E-state index contributed by atoms with van der Waals surface area (Å²) < 4.78 is 13.4. The normalized spacial score (nSPS) is 19.6. The second kappa shape index (κ2) is 6.12. The molecular weight excluding hydrogens is 245 g/mol. The van der Waals surface area contributed by atoms with Crippen LogP contribution >= 0.6 is 0 Å². The lowest BCUT2D eigenvalue weighted by Crippen LogP contribution is -2.41. The Kier molecular flexibility index (Phi) is 4.50. The largest absolute Gasteiger partial charge is 0.358 e. The van der Waals surface area contributed by atoms with Gasteiger partial charge in [-0.25, -0.2) is 4.39 Å².